The van der Waals surface area contributed by atoms with Crippen LogP contribution in [0.4, 0.5) is 0 Å². The molecule has 1 aromatic carbocycles. The van der Waals surface area contributed by atoms with E-state index in [9.17, 15) is 25.2 Å². The van der Waals surface area contributed by atoms with Crippen LogP contribution in [-0.2, 0) is 15.9 Å². The van der Waals surface area contributed by atoms with Gasteiger partial charge in [0.25, 0.3) is 0 Å². The predicted octanol–water partition coefficient (Wildman–Crippen LogP) is -0.308. The number of ether oxygens (including phenoxy) is 3. The van der Waals surface area contributed by atoms with E-state index in [0.717, 1.165) is 10.9 Å². The third-order valence-electron chi connectivity index (χ3n) is 5.52. The molecule has 2 aliphatic rings. The average Bonchev–Trinajstić information content (AvgIpc) is 3.10. The lowest BCUT2D eigenvalue weighted by Crippen LogP contribution is -2.61. The number of aliphatic hydroxyl groups is 4. The smallest absolute Gasteiger partial charge is 0.336 e. The quantitative estimate of drug-likeness (QED) is 0.502. The molecule has 0 radical (unpaired) electrons. The number of rotatable bonds is 4. The molecule has 9 nitrogen and oxygen atoms in total. The van der Waals surface area contributed by atoms with Crippen LogP contribution in [-0.4, -0.2) is 69.4 Å². The van der Waals surface area contributed by atoms with E-state index in [2.05, 4.69) is 0 Å². The van der Waals surface area contributed by atoms with Crippen molar-refractivity contribution in [1.82, 2.24) is 0 Å². The highest BCUT2D eigenvalue weighted by molar-refractivity contribution is 5.79. The van der Waals surface area contributed by atoms with E-state index in [1.165, 1.54) is 6.07 Å². The van der Waals surface area contributed by atoms with Gasteiger partial charge in [0.1, 0.15) is 47.5 Å². The van der Waals surface area contributed by atoms with Gasteiger partial charge in [0.15, 0.2) is 6.29 Å². The molecule has 29 heavy (non-hydrogen) atoms. The van der Waals surface area contributed by atoms with Crippen LogP contribution < -0.4 is 10.4 Å². The van der Waals surface area contributed by atoms with Gasteiger partial charge in [0, 0.05) is 23.9 Å². The summed E-state index contributed by atoms with van der Waals surface area (Å²) in [5.41, 5.74) is -0.0654. The Morgan fingerprint density at radius 1 is 1.14 bits per heavy atom. The molecular formula is C20H24O9. The van der Waals surface area contributed by atoms with Gasteiger partial charge in [-0.2, -0.15) is 0 Å². The fourth-order valence-corrected chi connectivity index (χ4v) is 3.74. The predicted molar refractivity (Wildman–Crippen MR) is 99.5 cm³/mol. The zero-order valence-electron chi connectivity index (χ0n) is 16.0. The van der Waals surface area contributed by atoms with Crippen molar-refractivity contribution in [2.45, 2.75) is 62.7 Å². The zero-order chi connectivity index (χ0) is 20.9. The van der Waals surface area contributed by atoms with Crippen molar-refractivity contribution in [2.24, 2.45) is 0 Å². The third-order valence-corrected chi connectivity index (χ3v) is 5.52. The van der Waals surface area contributed by atoms with Crippen LogP contribution in [0.5, 0.6) is 5.75 Å². The minimum atomic E-state index is -1.52. The van der Waals surface area contributed by atoms with Crippen molar-refractivity contribution in [2.75, 3.05) is 6.61 Å². The molecule has 1 fully saturated rings. The van der Waals surface area contributed by atoms with Crippen LogP contribution in [0.2, 0.25) is 0 Å². The highest BCUT2D eigenvalue weighted by Crippen LogP contribution is 2.38. The summed E-state index contributed by atoms with van der Waals surface area (Å²) >= 11 is 0. The largest absolute Gasteiger partial charge is 0.487 e. The Hall–Kier alpha value is -2.01. The van der Waals surface area contributed by atoms with E-state index in [-0.39, 0.29) is 0 Å². The first-order valence-electron chi connectivity index (χ1n) is 9.41. The van der Waals surface area contributed by atoms with E-state index >= 15 is 0 Å². The number of aliphatic hydroxyl groups excluding tert-OH is 4. The van der Waals surface area contributed by atoms with Crippen LogP contribution in [0.1, 0.15) is 19.4 Å². The van der Waals surface area contributed by atoms with Crippen LogP contribution >= 0.6 is 0 Å². The Morgan fingerprint density at radius 3 is 2.62 bits per heavy atom. The molecule has 3 heterocycles. The Morgan fingerprint density at radius 2 is 1.90 bits per heavy atom. The first-order valence-corrected chi connectivity index (χ1v) is 9.41. The first kappa shape index (κ1) is 20.3. The molecular weight excluding hydrogens is 384 g/mol. The van der Waals surface area contributed by atoms with Crippen LogP contribution in [0, 0.1) is 0 Å². The lowest BCUT2D eigenvalue weighted by Gasteiger charge is -2.43. The Balaban J connectivity index is 1.53. The van der Waals surface area contributed by atoms with Gasteiger partial charge in [-0.1, -0.05) is 0 Å². The second kappa shape index (κ2) is 7.35. The van der Waals surface area contributed by atoms with Crippen molar-refractivity contribution in [1.29, 1.82) is 0 Å². The molecule has 0 amide bonds. The van der Waals surface area contributed by atoms with E-state index in [1.807, 2.05) is 6.07 Å². The normalized spacial score (nSPS) is 32.2. The molecule has 158 valence electrons. The summed E-state index contributed by atoms with van der Waals surface area (Å²) in [5, 5.41) is 40.2. The Bertz CT molecular complexity index is 951. The molecule has 0 spiro atoms. The maximum atomic E-state index is 11.4. The van der Waals surface area contributed by atoms with Crippen molar-refractivity contribution in [3.05, 3.63) is 40.2 Å². The van der Waals surface area contributed by atoms with Gasteiger partial charge in [-0.05, 0) is 31.5 Å². The molecule has 9 heteroatoms. The summed E-state index contributed by atoms with van der Waals surface area (Å²) in [6.45, 7) is 2.98. The summed E-state index contributed by atoms with van der Waals surface area (Å²) in [6, 6.07) is 6.59. The number of fused-ring (bicyclic) bond motifs is 2. The molecule has 4 rings (SSSR count). The summed E-state index contributed by atoms with van der Waals surface area (Å²) in [6.07, 6.45) is -6.71. The second-order valence-corrected chi connectivity index (χ2v) is 7.98. The molecule has 1 unspecified atom stereocenters. The SMILES string of the molecule is CC(C)(O[C@@H]1O[C@H](CO)[C@@H](O)[C@H](O)[C@H]1O)C1Cc2cc3ccc(=O)oc3cc2O1. The third kappa shape index (κ3) is 3.65. The molecule has 1 saturated heterocycles. The van der Waals surface area contributed by atoms with Gasteiger partial charge in [-0.15, -0.1) is 0 Å². The van der Waals surface area contributed by atoms with E-state index in [1.54, 1.807) is 26.0 Å². The Labute approximate surface area is 166 Å². The van der Waals surface area contributed by atoms with E-state index < -0.39 is 54.6 Å². The monoisotopic (exact) mass is 408 g/mol. The van der Waals surface area contributed by atoms with Gasteiger partial charge in [0.05, 0.1) is 6.61 Å². The molecule has 0 aliphatic carbocycles. The molecule has 6 atom stereocenters. The van der Waals surface area contributed by atoms with E-state index in [0.29, 0.717) is 17.8 Å². The summed E-state index contributed by atoms with van der Waals surface area (Å²) in [7, 11) is 0. The van der Waals surface area contributed by atoms with Gasteiger partial charge >= 0.3 is 5.63 Å². The molecule has 0 bridgehead atoms. The van der Waals surface area contributed by atoms with Crippen molar-refractivity contribution in [3.8, 4) is 5.75 Å². The number of benzene rings is 1. The minimum Gasteiger partial charge on any atom is -0.487 e. The molecule has 0 saturated carbocycles. The molecule has 1 aromatic heterocycles. The maximum Gasteiger partial charge on any atom is 0.336 e. The van der Waals surface area contributed by atoms with Crippen molar-refractivity contribution < 1.29 is 39.1 Å². The maximum absolute atomic E-state index is 11.4. The minimum absolute atomic E-state index is 0.421. The second-order valence-electron chi connectivity index (χ2n) is 7.98. The van der Waals surface area contributed by atoms with Crippen LogP contribution in [0.3, 0.4) is 0 Å². The molecule has 2 aromatic rings. The molecule has 2 aliphatic heterocycles. The summed E-state index contributed by atoms with van der Waals surface area (Å²) in [5.74, 6) is 0.572. The first-order chi connectivity index (χ1) is 13.7. The Kier molecular flexibility index (Phi) is 5.14. The standard InChI is InChI=1S/C20H24O9/c1-20(2,29-19-18(25)17(24)16(23)13(8-21)28-19)14-6-10-5-9-3-4-15(22)27-11(9)7-12(10)26-14/h3-5,7,13-14,16-19,21,23-25H,6,8H2,1-2H3/t13-,14?,16-,17+,18-,19+/m1/s1. The van der Waals surface area contributed by atoms with Gasteiger partial charge in [0.2, 0.25) is 0 Å². The average molecular weight is 408 g/mol. The highest BCUT2D eigenvalue weighted by atomic mass is 16.7. The number of hydrogen-bond acceptors (Lipinski definition) is 9. The number of hydrogen-bond donors (Lipinski definition) is 4. The zero-order valence-corrected chi connectivity index (χ0v) is 16.0. The topological polar surface area (TPSA) is 139 Å². The van der Waals surface area contributed by atoms with Gasteiger partial charge in [-0.3, -0.25) is 0 Å². The van der Waals surface area contributed by atoms with Gasteiger partial charge < -0.3 is 39.1 Å². The van der Waals surface area contributed by atoms with Crippen molar-refractivity contribution >= 4 is 11.0 Å². The summed E-state index contributed by atoms with van der Waals surface area (Å²) < 4.78 is 22.6. The van der Waals surface area contributed by atoms with Gasteiger partial charge in [-0.25, -0.2) is 4.79 Å². The lowest BCUT2D eigenvalue weighted by atomic mass is 9.95. The fraction of sp³-hybridized carbons (Fsp3) is 0.550. The van der Waals surface area contributed by atoms with Crippen LogP contribution in [0.25, 0.3) is 11.0 Å². The molecule has 4 N–H and O–H groups in total. The highest BCUT2D eigenvalue weighted by Gasteiger charge is 2.48. The fourth-order valence-electron chi connectivity index (χ4n) is 3.74. The van der Waals surface area contributed by atoms with Crippen molar-refractivity contribution in [3.63, 3.8) is 0 Å². The summed E-state index contributed by atoms with van der Waals surface area (Å²) in [4.78, 5) is 11.4. The van der Waals surface area contributed by atoms with E-state index in [4.69, 9.17) is 18.6 Å². The lowest BCUT2D eigenvalue weighted by molar-refractivity contribution is -0.329. The van der Waals surface area contributed by atoms with Crippen LogP contribution in [0.15, 0.2) is 33.5 Å².